The minimum absolute atomic E-state index is 0.0346. The number of aromatic nitrogens is 1. The first-order valence-corrected chi connectivity index (χ1v) is 7.54. The van der Waals surface area contributed by atoms with Crippen LogP contribution in [0.4, 0.5) is 5.82 Å². The Morgan fingerprint density at radius 3 is 2.48 bits per heavy atom. The molecule has 0 bridgehead atoms. The van der Waals surface area contributed by atoms with Crippen LogP contribution in [0.3, 0.4) is 0 Å². The first-order chi connectivity index (χ1) is 10.2. The summed E-state index contributed by atoms with van der Waals surface area (Å²) >= 11 is 0. The first-order valence-electron chi connectivity index (χ1n) is 7.54. The number of carbonyl (C=O) groups is 1. The van der Waals surface area contributed by atoms with Gasteiger partial charge in [-0.25, -0.2) is 9.78 Å². The van der Waals surface area contributed by atoms with Crippen molar-refractivity contribution in [3.8, 4) is 0 Å². The highest BCUT2D eigenvalue weighted by atomic mass is 16.2. The second-order valence-corrected chi connectivity index (χ2v) is 5.35. The van der Waals surface area contributed by atoms with Crippen molar-refractivity contribution in [2.75, 3.05) is 4.90 Å². The van der Waals surface area contributed by atoms with E-state index in [1.165, 1.54) is 0 Å². The Morgan fingerprint density at radius 2 is 1.86 bits per heavy atom. The van der Waals surface area contributed by atoms with Crippen LogP contribution in [0.5, 0.6) is 0 Å². The molecule has 21 heavy (non-hydrogen) atoms. The van der Waals surface area contributed by atoms with Crippen molar-refractivity contribution in [2.24, 2.45) is 5.92 Å². The number of carbonyl (C=O) groups excluding carboxylic acids is 1. The number of nitrogens with one attached hydrogen (secondary N) is 1. The molecule has 0 aliphatic rings. The molecular formula is C18H23N2O+. The molecule has 1 atom stereocenters. The predicted molar refractivity (Wildman–Crippen MR) is 84.7 cm³/mol. The molecule has 1 amide bonds. The fourth-order valence-corrected chi connectivity index (χ4v) is 2.42. The van der Waals surface area contributed by atoms with E-state index >= 15 is 0 Å². The first kappa shape index (κ1) is 15.2. The van der Waals surface area contributed by atoms with Gasteiger partial charge in [-0.3, -0.25) is 0 Å². The van der Waals surface area contributed by atoms with E-state index in [0.717, 1.165) is 24.2 Å². The van der Waals surface area contributed by atoms with Crippen LogP contribution in [-0.4, -0.2) is 5.91 Å². The van der Waals surface area contributed by atoms with Crippen molar-refractivity contribution in [3.63, 3.8) is 0 Å². The zero-order valence-electron chi connectivity index (χ0n) is 12.8. The molecule has 0 aliphatic heterocycles. The Balaban J connectivity index is 2.24. The molecule has 0 spiro atoms. The van der Waals surface area contributed by atoms with E-state index in [-0.39, 0.29) is 11.8 Å². The smallest absolute Gasteiger partial charge is 0.247 e. The predicted octanol–water partition coefficient (Wildman–Crippen LogP) is 3.47. The van der Waals surface area contributed by atoms with Gasteiger partial charge >= 0.3 is 5.91 Å². The number of hydrogen-bond acceptors (Lipinski definition) is 1. The number of H-pyrrole nitrogens is 1. The Kier molecular flexibility index (Phi) is 5.50. The minimum atomic E-state index is 0.0346. The largest absolute Gasteiger partial charge is 0.312 e. The van der Waals surface area contributed by atoms with Gasteiger partial charge in [0.2, 0.25) is 0 Å². The van der Waals surface area contributed by atoms with Gasteiger partial charge in [0.05, 0.1) is 12.1 Å². The van der Waals surface area contributed by atoms with Crippen LogP contribution < -0.4 is 9.88 Å². The summed E-state index contributed by atoms with van der Waals surface area (Å²) in [7, 11) is 0. The highest BCUT2D eigenvalue weighted by Gasteiger charge is 2.28. The monoisotopic (exact) mass is 283 g/mol. The lowest BCUT2D eigenvalue weighted by Gasteiger charge is -2.18. The molecule has 110 valence electrons. The molecule has 0 fully saturated rings. The molecule has 1 unspecified atom stereocenters. The number of nitrogens with zero attached hydrogens (tertiary/aromatic N) is 1. The fraction of sp³-hybridized carbons (Fsp3) is 0.333. The van der Waals surface area contributed by atoms with Crippen LogP contribution in [-0.2, 0) is 11.3 Å². The van der Waals surface area contributed by atoms with Gasteiger partial charge in [-0.1, -0.05) is 56.7 Å². The van der Waals surface area contributed by atoms with Gasteiger partial charge in [-0.05, 0) is 18.1 Å². The topological polar surface area (TPSA) is 34.5 Å². The molecule has 1 heterocycles. The van der Waals surface area contributed by atoms with E-state index in [4.69, 9.17) is 0 Å². The number of amides is 1. The zero-order valence-corrected chi connectivity index (χ0v) is 12.8. The normalized spacial score (nSPS) is 11.9. The zero-order chi connectivity index (χ0) is 15.1. The molecule has 0 saturated carbocycles. The van der Waals surface area contributed by atoms with Gasteiger partial charge in [0.1, 0.15) is 6.54 Å². The van der Waals surface area contributed by atoms with Crippen molar-refractivity contribution < 1.29 is 9.78 Å². The lowest BCUT2D eigenvalue weighted by Crippen LogP contribution is -2.38. The van der Waals surface area contributed by atoms with Gasteiger partial charge < -0.3 is 0 Å². The molecule has 2 aromatic rings. The lowest BCUT2D eigenvalue weighted by atomic mass is 10.0. The standard InChI is InChI=1S/C18H22N2O/c1-3-9-15(2)18(21)20(17-12-7-8-13-19-17)14-16-10-5-4-6-11-16/h4-8,10-13,15H,3,9,14H2,1-2H3/p+1. The summed E-state index contributed by atoms with van der Waals surface area (Å²) in [5.74, 6) is 1.05. The molecule has 0 aliphatic carbocycles. The van der Waals surface area contributed by atoms with Crippen LogP contribution in [0.1, 0.15) is 32.3 Å². The number of benzene rings is 1. The van der Waals surface area contributed by atoms with E-state index in [1.807, 2.05) is 66.6 Å². The Hall–Kier alpha value is -2.16. The van der Waals surface area contributed by atoms with Crippen molar-refractivity contribution in [3.05, 3.63) is 60.3 Å². The molecule has 1 aromatic carbocycles. The number of rotatable bonds is 6. The molecular weight excluding hydrogens is 260 g/mol. The molecule has 3 nitrogen and oxygen atoms in total. The Labute approximate surface area is 126 Å². The molecule has 3 heteroatoms. The third kappa shape index (κ3) is 4.15. The number of pyridine rings is 1. The van der Waals surface area contributed by atoms with Crippen molar-refractivity contribution in [1.82, 2.24) is 0 Å². The highest BCUT2D eigenvalue weighted by Crippen LogP contribution is 2.17. The lowest BCUT2D eigenvalue weighted by molar-refractivity contribution is -0.363. The summed E-state index contributed by atoms with van der Waals surface area (Å²) in [4.78, 5) is 17.8. The van der Waals surface area contributed by atoms with Crippen LogP contribution >= 0.6 is 0 Å². The summed E-state index contributed by atoms with van der Waals surface area (Å²) in [6, 6.07) is 15.9. The maximum atomic E-state index is 12.7. The number of aromatic amines is 1. The van der Waals surface area contributed by atoms with Crippen molar-refractivity contribution in [2.45, 2.75) is 33.2 Å². The fourth-order valence-electron chi connectivity index (χ4n) is 2.42. The number of anilines is 1. The molecule has 1 N–H and O–H groups in total. The van der Waals surface area contributed by atoms with E-state index in [9.17, 15) is 4.79 Å². The second-order valence-electron chi connectivity index (χ2n) is 5.35. The van der Waals surface area contributed by atoms with Crippen LogP contribution in [0.2, 0.25) is 0 Å². The quantitative estimate of drug-likeness (QED) is 0.799. The van der Waals surface area contributed by atoms with E-state index in [0.29, 0.717) is 6.54 Å². The third-order valence-electron chi connectivity index (χ3n) is 3.58. The van der Waals surface area contributed by atoms with Gasteiger partial charge in [-0.15, -0.1) is 0 Å². The minimum Gasteiger partial charge on any atom is -0.247 e. The van der Waals surface area contributed by atoms with Crippen molar-refractivity contribution >= 4 is 11.7 Å². The third-order valence-corrected chi connectivity index (χ3v) is 3.58. The van der Waals surface area contributed by atoms with Crippen LogP contribution in [0.25, 0.3) is 0 Å². The van der Waals surface area contributed by atoms with E-state index in [1.54, 1.807) is 0 Å². The van der Waals surface area contributed by atoms with E-state index < -0.39 is 0 Å². The molecule has 1 aromatic heterocycles. The van der Waals surface area contributed by atoms with Gasteiger partial charge in [0.25, 0.3) is 5.82 Å². The average Bonchev–Trinajstić information content (AvgIpc) is 2.54. The molecule has 2 rings (SSSR count). The van der Waals surface area contributed by atoms with Gasteiger partial charge in [-0.2, -0.15) is 4.90 Å². The highest BCUT2D eigenvalue weighted by molar-refractivity contribution is 5.93. The number of hydrogen-bond donors (Lipinski definition) is 0. The van der Waals surface area contributed by atoms with Crippen LogP contribution in [0.15, 0.2) is 54.7 Å². The molecule has 0 radical (unpaired) electrons. The van der Waals surface area contributed by atoms with Gasteiger partial charge in [0.15, 0.2) is 0 Å². The summed E-state index contributed by atoms with van der Waals surface area (Å²) < 4.78 is 0. The Bertz CT molecular complexity index is 554. The van der Waals surface area contributed by atoms with Crippen LogP contribution in [0, 0.1) is 5.92 Å². The van der Waals surface area contributed by atoms with Gasteiger partial charge in [0, 0.05) is 6.07 Å². The van der Waals surface area contributed by atoms with E-state index in [2.05, 4.69) is 11.9 Å². The maximum Gasteiger partial charge on any atom is 0.312 e. The SMILES string of the molecule is CCCC(C)C(=O)N(Cc1ccccc1)c1cccc[nH+]1. The summed E-state index contributed by atoms with van der Waals surface area (Å²) in [5.41, 5.74) is 1.13. The summed E-state index contributed by atoms with van der Waals surface area (Å²) in [6.07, 6.45) is 3.78. The average molecular weight is 283 g/mol. The summed E-state index contributed by atoms with van der Waals surface area (Å²) in [6.45, 7) is 4.71. The molecule has 0 saturated heterocycles. The summed E-state index contributed by atoms with van der Waals surface area (Å²) in [5, 5.41) is 0. The second kappa shape index (κ2) is 7.58. The maximum absolute atomic E-state index is 12.7. The Morgan fingerprint density at radius 1 is 1.14 bits per heavy atom. The van der Waals surface area contributed by atoms with Crippen molar-refractivity contribution in [1.29, 1.82) is 0 Å².